The third-order valence-corrected chi connectivity index (χ3v) is 4.44. The molecule has 1 aliphatic rings. The molecule has 1 unspecified atom stereocenters. The summed E-state index contributed by atoms with van der Waals surface area (Å²) in [5.41, 5.74) is 1.17. The molecule has 0 spiro atoms. The highest BCUT2D eigenvalue weighted by molar-refractivity contribution is 5.92. The van der Waals surface area contributed by atoms with Crippen molar-refractivity contribution in [2.45, 2.75) is 12.5 Å². The van der Waals surface area contributed by atoms with E-state index in [1.54, 1.807) is 0 Å². The molecule has 26 heavy (non-hydrogen) atoms. The van der Waals surface area contributed by atoms with Crippen LogP contribution in [0.25, 0.3) is 0 Å². The van der Waals surface area contributed by atoms with Gasteiger partial charge < -0.3 is 10.1 Å². The molecule has 1 amide bonds. The molecule has 1 N–H and O–H groups in total. The highest BCUT2D eigenvalue weighted by Gasteiger charge is 2.20. The Hall–Kier alpha value is -2.51. The molecule has 1 aromatic carbocycles. The maximum atomic E-state index is 12.6. The van der Waals surface area contributed by atoms with Gasteiger partial charge >= 0.3 is 0 Å². The minimum Gasteiger partial charge on any atom is -0.379 e. The molecule has 7 heteroatoms. The van der Waals surface area contributed by atoms with Crippen LogP contribution in [0.2, 0.25) is 0 Å². The summed E-state index contributed by atoms with van der Waals surface area (Å²) in [7, 11) is 1.54. The number of hydrogen-bond donors (Lipinski definition) is 1. The summed E-state index contributed by atoms with van der Waals surface area (Å²) in [5, 5.41) is 7.11. The van der Waals surface area contributed by atoms with Crippen LogP contribution in [0.5, 0.6) is 0 Å². The van der Waals surface area contributed by atoms with Gasteiger partial charge in [0.15, 0.2) is 0 Å². The molecule has 3 rings (SSSR count). The number of hydrogen-bond acceptors (Lipinski definition) is 5. The van der Waals surface area contributed by atoms with E-state index < -0.39 is 0 Å². The summed E-state index contributed by atoms with van der Waals surface area (Å²) in [6.45, 7) is 3.90. The van der Waals surface area contributed by atoms with E-state index >= 15 is 0 Å². The van der Waals surface area contributed by atoms with Gasteiger partial charge in [-0.3, -0.25) is 14.5 Å². The quantitative estimate of drug-likeness (QED) is 0.813. The normalized spacial score (nSPS) is 16.2. The lowest BCUT2D eigenvalue weighted by molar-refractivity contribution is 0.0333. The van der Waals surface area contributed by atoms with Crippen LogP contribution in [0.3, 0.4) is 0 Å². The van der Waals surface area contributed by atoms with Crippen molar-refractivity contribution in [1.82, 2.24) is 20.0 Å². The van der Waals surface area contributed by atoms with Crippen molar-refractivity contribution in [3.05, 3.63) is 64.1 Å². The van der Waals surface area contributed by atoms with Crippen LogP contribution in [-0.2, 0) is 18.2 Å². The minimum atomic E-state index is -0.269. The fourth-order valence-electron chi connectivity index (χ4n) is 3.04. The number of ether oxygens (including phenoxy) is 1. The number of benzene rings is 1. The number of nitrogens with one attached hydrogen (secondary N) is 1. The zero-order valence-corrected chi connectivity index (χ0v) is 14.9. The standard InChI is InChI=1S/C19H24N4O3/c1-22-18(24)8-7-17(21-22)19(25)20-16(13-15-5-3-2-4-6-15)14-23-9-11-26-12-10-23/h2-8,16H,9-14H2,1H3,(H,20,25). The number of aryl methyl sites for hydroxylation is 1. The van der Waals surface area contributed by atoms with E-state index in [0.29, 0.717) is 13.2 Å². The highest BCUT2D eigenvalue weighted by Crippen LogP contribution is 2.07. The Bertz CT molecular complexity index is 785. The van der Waals surface area contributed by atoms with Crippen molar-refractivity contribution in [1.29, 1.82) is 0 Å². The van der Waals surface area contributed by atoms with Crippen molar-refractivity contribution in [3.63, 3.8) is 0 Å². The molecule has 0 saturated carbocycles. The van der Waals surface area contributed by atoms with E-state index in [0.717, 1.165) is 26.1 Å². The molecule has 1 aromatic heterocycles. The van der Waals surface area contributed by atoms with Crippen LogP contribution < -0.4 is 10.9 Å². The van der Waals surface area contributed by atoms with Gasteiger partial charge in [-0.1, -0.05) is 30.3 Å². The Balaban J connectivity index is 1.71. The first kappa shape index (κ1) is 18.3. The smallest absolute Gasteiger partial charge is 0.271 e. The van der Waals surface area contributed by atoms with E-state index in [1.165, 1.54) is 29.4 Å². The largest absolute Gasteiger partial charge is 0.379 e. The number of carbonyl (C=O) groups is 1. The van der Waals surface area contributed by atoms with Crippen molar-refractivity contribution in [2.24, 2.45) is 7.05 Å². The molecule has 2 heterocycles. The lowest BCUT2D eigenvalue weighted by Gasteiger charge is -2.31. The van der Waals surface area contributed by atoms with Crippen LogP contribution >= 0.6 is 0 Å². The summed E-state index contributed by atoms with van der Waals surface area (Å²) >= 11 is 0. The van der Waals surface area contributed by atoms with Crippen LogP contribution in [0, 0.1) is 0 Å². The minimum absolute atomic E-state index is 0.0537. The van der Waals surface area contributed by atoms with Crippen LogP contribution in [0.4, 0.5) is 0 Å². The molecule has 0 aliphatic carbocycles. The van der Waals surface area contributed by atoms with Crippen LogP contribution in [0.1, 0.15) is 16.1 Å². The molecular weight excluding hydrogens is 332 g/mol. The first-order valence-corrected chi connectivity index (χ1v) is 8.81. The highest BCUT2D eigenvalue weighted by atomic mass is 16.5. The molecule has 138 valence electrons. The second-order valence-corrected chi connectivity index (χ2v) is 6.45. The molecule has 2 aromatic rings. The second kappa shape index (κ2) is 8.73. The van der Waals surface area contributed by atoms with Gasteiger partial charge in [0.1, 0.15) is 5.69 Å². The van der Waals surface area contributed by atoms with Gasteiger partial charge in [-0.2, -0.15) is 5.10 Å². The molecule has 7 nitrogen and oxygen atoms in total. The Labute approximate surface area is 152 Å². The predicted molar refractivity (Wildman–Crippen MR) is 98.1 cm³/mol. The Morgan fingerprint density at radius 3 is 2.62 bits per heavy atom. The molecule has 0 bridgehead atoms. The van der Waals surface area contributed by atoms with Crippen molar-refractivity contribution >= 4 is 5.91 Å². The molecular formula is C19H24N4O3. The van der Waals surface area contributed by atoms with Gasteiger partial charge in [0, 0.05) is 38.8 Å². The van der Waals surface area contributed by atoms with E-state index in [2.05, 4.69) is 27.4 Å². The Morgan fingerprint density at radius 1 is 1.19 bits per heavy atom. The lowest BCUT2D eigenvalue weighted by atomic mass is 10.0. The molecule has 1 atom stereocenters. The number of amides is 1. The summed E-state index contributed by atoms with van der Waals surface area (Å²) in [5.74, 6) is -0.269. The summed E-state index contributed by atoms with van der Waals surface area (Å²) in [6.07, 6.45) is 0.732. The van der Waals surface area contributed by atoms with Crippen LogP contribution in [0.15, 0.2) is 47.3 Å². The zero-order valence-electron chi connectivity index (χ0n) is 14.9. The predicted octanol–water partition coefficient (Wildman–Crippen LogP) is 0.454. The summed E-state index contributed by atoms with van der Waals surface area (Å²) < 4.78 is 6.57. The Morgan fingerprint density at radius 2 is 1.92 bits per heavy atom. The average molecular weight is 356 g/mol. The molecule has 1 fully saturated rings. The lowest BCUT2D eigenvalue weighted by Crippen LogP contribution is -2.48. The van der Waals surface area contributed by atoms with Crippen LogP contribution in [-0.4, -0.2) is 59.5 Å². The topological polar surface area (TPSA) is 76.5 Å². The first-order valence-electron chi connectivity index (χ1n) is 8.81. The van der Waals surface area contributed by atoms with Crippen molar-refractivity contribution in [3.8, 4) is 0 Å². The Kier molecular flexibility index (Phi) is 6.14. The number of morpholine rings is 1. The maximum absolute atomic E-state index is 12.6. The van der Waals surface area contributed by atoms with Gasteiger partial charge in [0.2, 0.25) is 0 Å². The first-order chi connectivity index (χ1) is 12.6. The van der Waals surface area contributed by atoms with Gasteiger partial charge in [0.25, 0.3) is 11.5 Å². The average Bonchev–Trinajstić information content (AvgIpc) is 2.65. The van der Waals surface area contributed by atoms with Gasteiger partial charge in [-0.25, -0.2) is 4.68 Å². The summed E-state index contributed by atoms with van der Waals surface area (Å²) in [4.78, 5) is 26.4. The van der Waals surface area contributed by atoms with Gasteiger partial charge in [-0.05, 0) is 18.1 Å². The number of aromatic nitrogens is 2. The fraction of sp³-hybridized carbons (Fsp3) is 0.421. The SMILES string of the molecule is Cn1nc(C(=O)NC(Cc2ccccc2)CN2CCOCC2)ccc1=O. The van der Waals surface area contributed by atoms with Crippen molar-refractivity contribution in [2.75, 3.05) is 32.8 Å². The second-order valence-electron chi connectivity index (χ2n) is 6.45. The monoisotopic (exact) mass is 356 g/mol. The number of carbonyl (C=O) groups excluding carboxylic acids is 1. The number of nitrogens with zero attached hydrogens (tertiary/aromatic N) is 3. The fourth-order valence-corrected chi connectivity index (χ4v) is 3.04. The molecule has 1 aliphatic heterocycles. The molecule has 1 saturated heterocycles. The van der Waals surface area contributed by atoms with Crippen molar-refractivity contribution < 1.29 is 9.53 Å². The van der Waals surface area contributed by atoms with Gasteiger partial charge in [0.05, 0.1) is 13.2 Å². The zero-order chi connectivity index (χ0) is 18.4. The molecule has 0 radical (unpaired) electrons. The third kappa shape index (κ3) is 5.00. The van der Waals surface area contributed by atoms with Gasteiger partial charge in [-0.15, -0.1) is 0 Å². The van der Waals surface area contributed by atoms with E-state index in [9.17, 15) is 9.59 Å². The van der Waals surface area contributed by atoms with E-state index in [-0.39, 0.29) is 23.2 Å². The third-order valence-electron chi connectivity index (χ3n) is 4.44. The summed E-state index contributed by atoms with van der Waals surface area (Å²) in [6, 6.07) is 12.9. The maximum Gasteiger partial charge on any atom is 0.271 e. The number of rotatable bonds is 6. The van der Waals surface area contributed by atoms with E-state index in [1.807, 2.05) is 18.2 Å². The van der Waals surface area contributed by atoms with E-state index in [4.69, 9.17) is 4.74 Å².